The first kappa shape index (κ1) is 17.8. The van der Waals surface area contributed by atoms with Gasteiger partial charge in [0, 0.05) is 18.2 Å². The van der Waals surface area contributed by atoms with E-state index in [4.69, 9.17) is 0 Å². The first-order chi connectivity index (χ1) is 12.5. The van der Waals surface area contributed by atoms with Crippen LogP contribution >= 0.6 is 11.8 Å². The van der Waals surface area contributed by atoms with E-state index in [-0.39, 0.29) is 11.6 Å². The zero-order valence-corrected chi connectivity index (χ0v) is 14.7. The lowest BCUT2D eigenvalue weighted by atomic mass is 10.2. The molecule has 3 aromatic rings. The van der Waals surface area contributed by atoms with Gasteiger partial charge < -0.3 is 4.57 Å². The van der Waals surface area contributed by atoms with E-state index in [2.05, 4.69) is 15.5 Å². The number of hydrogen-bond donors (Lipinski definition) is 1. The Morgan fingerprint density at radius 2 is 1.77 bits per heavy atom. The largest absolute Gasteiger partial charge is 0.305 e. The summed E-state index contributed by atoms with van der Waals surface area (Å²) in [6, 6.07) is 14.4. The van der Waals surface area contributed by atoms with Crippen molar-refractivity contribution in [2.45, 2.75) is 5.16 Å². The standard InChI is InChI=1S/C18H15FN4O2S/c1-23-16(12-7-9-14(19)10-8-12)21-22-18(23)26-11-15(24)20-17(25)13-5-3-2-4-6-13/h2-10H,11H2,1H3,(H,20,24,25). The van der Waals surface area contributed by atoms with Gasteiger partial charge in [-0.05, 0) is 36.4 Å². The second-order valence-corrected chi connectivity index (χ2v) is 6.35. The third-order valence-electron chi connectivity index (χ3n) is 3.56. The van der Waals surface area contributed by atoms with Crippen LogP contribution in [-0.2, 0) is 11.8 Å². The molecule has 26 heavy (non-hydrogen) atoms. The SMILES string of the molecule is Cn1c(SCC(=O)NC(=O)c2ccccc2)nnc1-c1ccc(F)cc1. The number of thioether (sulfide) groups is 1. The smallest absolute Gasteiger partial charge is 0.257 e. The van der Waals surface area contributed by atoms with Crippen molar-refractivity contribution >= 4 is 23.6 Å². The van der Waals surface area contributed by atoms with Crippen molar-refractivity contribution in [1.82, 2.24) is 20.1 Å². The predicted molar refractivity (Wildman–Crippen MR) is 96.0 cm³/mol. The minimum atomic E-state index is -0.443. The molecule has 1 aromatic heterocycles. The Labute approximate surface area is 153 Å². The molecule has 0 fully saturated rings. The van der Waals surface area contributed by atoms with Gasteiger partial charge in [0.2, 0.25) is 5.91 Å². The first-order valence-electron chi connectivity index (χ1n) is 7.72. The third-order valence-corrected chi connectivity index (χ3v) is 4.58. The fraction of sp³-hybridized carbons (Fsp3) is 0.111. The molecule has 0 saturated carbocycles. The van der Waals surface area contributed by atoms with Gasteiger partial charge in [0.15, 0.2) is 11.0 Å². The van der Waals surface area contributed by atoms with Crippen molar-refractivity contribution in [3.63, 3.8) is 0 Å². The second kappa shape index (κ2) is 7.92. The van der Waals surface area contributed by atoms with E-state index >= 15 is 0 Å². The van der Waals surface area contributed by atoms with Crippen molar-refractivity contribution in [3.8, 4) is 11.4 Å². The van der Waals surface area contributed by atoms with Gasteiger partial charge >= 0.3 is 0 Å². The molecule has 0 aliphatic carbocycles. The minimum Gasteiger partial charge on any atom is -0.305 e. The molecule has 0 atom stereocenters. The van der Waals surface area contributed by atoms with Gasteiger partial charge in [-0.25, -0.2) is 4.39 Å². The molecule has 3 rings (SSSR count). The molecule has 0 aliphatic rings. The van der Waals surface area contributed by atoms with Crippen LogP contribution in [0.4, 0.5) is 4.39 Å². The number of carbonyl (C=O) groups is 2. The maximum absolute atomic E-state index is 13.0. The molecule has 2 aromatic carbocycles. The summed E-state index contributed by atoms with van der Waals surface area (Å²) in [4.78, 5) is 23.9. The zero-order chi connectivity index (χ0) is 18.5. The quantitative estimate of drug-likeness (QED) is 0.699. The highest BCUT2D eigenvalue weighted by Gasteiger charge is 2.15. The first-order valence-corrected chi connectivity index (χ1v) is 8.70. The summed E-state index contributed by atoms with van der Waals surface area (Å²) in [6.45, 7) is 0. The minimum absolute atomic E-state index is 0.0218. The summed E-state index contributed by atoms with van der Waals surface area (Å²) < 4.78 is 14.7. The molecule has 0 aliphatic heterocycles. The van der Waals surface area contributed by atoms with Crippen LogP contribution in [0.1, 0.15) is 10.4 Å². The van der Waals surface area contributed by atoms with Crippen molar-refractivity contribution < 1.29 is 14.0 Å². The van der Waals surface area contributed by atoms with Crippen LogP contribution in [0.3, 0.4) is 0 Å². The molecule has 0 radical (unpaired) electrons. The van der Waals surface area contributed by atoms with E-state index in [1.54, 1.807) is 54.1 Å². The van der Waals surface area contributed by atoms with Gasteiger partial charge in [-0.15, -0.1) is 10.2 Å². The summed E-state index contributed by atoms with van der Waals surface area (Å²) in [5.41, 5.74) is 1.14. The highest BCUT2D eigenvalue weighted by atomic mass is 32.2. The number of nitrogens with one attached hydrogen (secondary N) is 1. The number of carbonyl (C=O) groups excluding carboxylic acids is 2. The summed E-state index contributed by atoms with van der Waals surface area (Å²) in [5.74, 6) is -0.608. The average molecular weight is 370 g/mol. The third kappa shape index (κ3) is 4.15. The van der Waals surface area contributed by atoms with Gasteiger partial charge in [0.25, 0.3) is 5.91 Å². The van der Waals surface area contributed by atoms with E-state index in [9.17, 15) is 14.0 Å². The van der Waals surface area contributed by atoms with Crippen LogP contribution in [0, 0.1) is 5.82 Å². The number of benzene rings is 2. The Bertz CT molecular complexity index is 926. The molecule has 6 nitrogen and oxygen atoms in total. The molecule has 1 heterocycles. The number of rotatable bonds is 5. The number of halogens is 1. The number of imide groups is 1. The average Bonchev–Trinajstić information content (AvgIpc) is 3.02. The Hall–Kier alpha value is -3.00. The molecule has 2 amide bonds. The van der Waals surface area contributed by atoms with Crippen LogP contribution in [-0.4, -0.2) is 32.3 Å². The zero-order valence-electron chi connectivity index (χ0n) is 13.8. The van der Waals surface area contributed by atoms with Crippen LogP contribution in [0.2, 0.25) is 0 Å². The molecular weight excluding hydrogens is 355 g/mol. The topological polar surface area (TPSA) is 76.9 Å². The van der Waals surface area contributed by atoms with Gasteiger partial charge in [0.05, 0.1) is 5.75 Å². The van der Waals surface area contributed by atoms with Crippen LogP contribution in [0.5, 0.6) is 0 Å². The van der Waals surface area contributed by atoms with E-state index < -0.39 is 11.8 Å². The van der Waals surface area contributed by atoms with Gasteiger partial charge in [-0.3, -0.25) is 14.9 Å². The van der Waals surface area contributed by atoms with Crippen molar-refractivity contribution in [1.29, 1.82) is 0 Å². The Balaban J connectivity index is 1.60. The highest BCUT2D eigenvalue weighted by molar-refractivity contribution is 7.99. The lowest BCUT2D eigenvalue weighted by molar-refractivity contribution is -0.117. The van der Waals surface area contributed by atoms with Gasteiger partial charge in [-0.2, -0.15) is 0 Å². The molecule has 8 heteroatoms. The van der Waals surface area contributed by atoms with Crippen molar-refractivity contribution in [3.05, 3.63) is 66.0 Å². The number of aromatic nitrogens is 3. The van der Waals surface area contributed by atoms with E-state index in [0.717, 1.165) is 17.3 Å². The van der Waals surface area contributed by atoms with Crippen molar-refractivity contribution in [2.75, 3.05) is 5.75 Å². The Morgan fingerprint density at radius 1 is 1.08 bits per heavy atom. The second-order valence-electron chi connectivity index (χ2n) is 5.40. The van der Waals surface area contributed by atoms with Crippen molar-refractivity contribution in [2.24, 2.45) is 7.05 Å². The van der Waals surface area contributed by atoms with Gasteiger partial charge in [0.1, 0.15) is 5.82 Å². The van der Waals surface area contributed by atoms with Crippen LogP contribution < -0.4 is 5.32 Å². The summed E-state index contributed by atoms with van der Waals surface area (Å²) in [6.07, 6.45) is 0. The summed E-state index contributed by atoms with van der Waals surface area (Å²) in [7, 11) is 1.76. The fourth-order valence-electron chi connectivity index (χ4n) is 2.25. The number of nitrogens with zero attached hydrogens (tertiary/aromatic N) is 3. The van der Waals surface area contributed by atoms with E-state index in [0.29, 0.717) is 16.5 Å². The predicted octanol–water partition coefficient (Wildman–Crippen LogP) is 2.67. The number of amides is 2. The molecule has 0 unspecified atom stereocenters. The monoisotopic (exact) mass is 370 g/mol. The van der Waals surface area contributed by atoms with Crippen LogP contribution in [0.15, 0.2) is 59.8 Å². The maximum Gasteiger partial charge on any atom is 0.257 e. The van der Waals surface area contributed by atoms with Crippen LogP contribution in [0.25, 0.3) is 11.4 Å². The lowest BCUT2D eigenvalue weighted by Gasteiger charge is -2.05. The number of hydrogen-bond acceptors (Lipinski definition) is 5. The molecule has 0 bridgehead atoms. The lowest BCUT2D eigenvalue weighted by Crippen LogP contribution is -2.31. The van der Waals surface area contributed by atoms with Gasteiger partial charge in [-0.1, -0.05) is 30.0 Å². The summed E-state index contributed by atoms with van der Waals surface area (Å²) >= 11 is 1.16. The maximum atomic E-state index is 13.0. The van der Waals surface area contributed by atoms with E-state index in [1.807, 2.05) is 0 Å². The molecule has 0 saturated heterocycles. The molecule has 1 N–H and O–H groups in total. The molecular formula is C18H15FN4O2S. The highest BCUT2D eigenvalue weighted by Crippen LogP contribution is 2.22. The Morgan fingerprint density at radius 3 is 2.46 bits per heavy atom. The Kier molecular flexibility index (Phi) is 5.43. The molecule has 0 spiro atoms. The normalized spacial score (nSPS) is 10.5. The fourth-order valence-corrected chi connectivity index (χ4v) is 2.96. The summed E-state index contributed by atoms with van der Waals surface area (Å²) in [5, 5.41) is 11.0. The molecule has 132 valence electrons. The van der Waals surface area contributed by atoms with E-state index in [1.165, 1.54) is 12.1 Å².